The van der Waals surface area contributed by atoms with Crippen LogP contribution < -0.4 is 9.47 Å². The third-order valence-corrected chi connectivity index (χ3v) is 1.90. The lowest BCUT2D eigenvalue weighted by atomic mass is 10.2. The zero-order valence-electron chi connectivity index (χ0n) is 8.76. The van der Waals surface area contributed by atoms with Crippen molar-refractivity contribution < 1.29 is 27.4 Å². The van der Waals surface area contributed by atoms with E-state index in [1.807, 2.05) is 0 Å². The molecule has 1 heterocycles. The number of halogens is 4. The fraction of sp³-hybridized carbons (Fsp3) is 0.333. The van der Waals surface area contributed by atoms with Crippen molar-refractivity contribution in [1.29, 1.82) is 0 Å². The van der Waals surface area contributed by atoms with E-state index in [-0.39, 0.29) is 5.69 Å². The van der Waals surface area contributed by atoms with Gasteiger partial charge in [0.15, 0.2) is 0 Å². The van der Waals surface area contributed by atoms with Gasteiger partial charge in [-0.25, -0.2) is 4.98 Å². The summed E-state index contributed by atoms with van der Waals surface area (Å²) in [6, 6.07) is 1.08. The first-order valence-electron chi connectivity index (χ1n) is 4.26. The zero-order chi connectivity index (χ0) is 13.2. The van der Waals surface area contributed by atoms with Gasteiger partial charge in [0, 0.05) is 5.69 Å². The van der Waals surface area contributed by atoms with Crippen LogP contribution in [0.5, 0.6) is 11.6 Å². The topological polar surface area (TPSA) is 48.4 Å². The van der Waals surface area contributed by atoms with Crippen molar-refractivity contribution in [2.75, 3.05) is 7.11 Å². The molecule has 1 aromatic heterocycles. The maximum Gasteiger partial charge on any atom is 0.573 e. The molecule has 1 aromatic rings. The molecule has 0 aliphatic rings. The van der Waals surface area contributed by atoms with E-state index in [1.165, 1.54) is 6.92 Å². The van der Waals surface area contributed by atoms with Gasteiger partial charge < -0.3 is 9.47 Å². The summed E-state index contributed by atoms with van der Waals surface area (Å²) in [5, 5.41) is -1.09. The predicted molar refractivity (Wildman–Crippen MR) is 52.4 cm³/mol. The fourth-order valence-electron chi connectivity index (χ4n) is 1.13. The Labute approximate surface area is 99.3 Å². The third kappa shape index (κ3) is 3.48. The monoisotopic (exact) mass is 269 g/mol. The van der Waals surface area contributed by atoms with Crippen LogP contribution in [0.4, 0.5) is 13.2 Å². The highest BCUT2D eigenvalue weighted by atomic mass is 35.5. The number of carbonyl (C=O) groups excluding carboxylic acids is 1. The highest BCUT2D eigenvalue weighted by Gasteiger charge is 2.35. The first-order valence-corrected chi connectivity index (χ1v) is 4.63. The summed E-state index contributed by atoms with van der Waals surface area (Å²) < 4.78 is 44.7. The van der Waals surface area contributed by atoms with Gasteiger partial charge in [0.25, 0.3) is 11.1 Å². The number of hydrogen-bond donors (Lipinski definition) is 0. The highest BCUT2D eigenvalue weighted by Crippen LogP contribution is 2.35. The predicted octanol–water partition coefficient (Wildman–Crippen LogP) is 2.68. The molecule has 0 fully saturated rings. The SMILES string of the molecule is COc1nc(C)cc(C(=O)Cl)c1OC(F)(F)F. The molecular weight excluding hydrogens is 263 g/mol. The average molecular weight is 270 g/mol. The highest BCUT2D eigenvalue weighted by molar-refractivity contribution is 6.68. The quantitative estimate of drug-likeness (QED) is 0.792. The molecule has 17 heavy (non-hydrogen) atoms. The van der Waals surface area contributed by atoms with Crippen LogP contribution in [-0.2, 0) is 0 Å². The Morgan fingerprint density at radius 1 is 1.47 bits per heavy atom. The average Bonchev–Trinajstić information content (AvgIpc) is 2.17. The molecule has 0 amide bonds. The number of ether oxygens (including phenoxy) is 2. The second kappa shape index (κ2) is 4.79. The number of methoxy groups -OCH3 is 1. The van der Waals surface area contributed by atoms with Gasteiger partial charge in [0.2, 0.25) is 5.75 Å². The number of pyridine rings is 1. The molecule has 0 saturated carbocycles. The second-order valence-electron chi connectivity index (χ2n) is 2.97. The number of hydrogen-bond acceptors (Lipinski definition) is 4. The van der Waals surface area contributed by atoms with E-state index in [4.69, 9.17) is 11.6 Å². The van der Waals surface area contributed by atoms with Gasteiger partial charge in [0.1, 0.15) is 0 Å². The first kappa shape index (κ1) is 13.6. The summed E-state index contributed by atoms with van der Waals surface area (Å²) in [6.07, 6.45) is -4.97. The minimum Gasteiger partial charge on any atom is -0.478 e. The van der Waals surface area contributed by atoms with Crippen LogP contribution in [-0.4, -0.2) is 23.7 Å². The molecule has 0 saturated heterocycles. The van der Waals surface area contributed by atoms with Crippen molar-refractivity contribution >= 4 is 16.8 Å². The van der Waals surface area contributed by atoms with Gasteiger partial charge >= 0.3 is 6.36 Å². The molecule has 4 nitrogen and oxygen atoms in total. The van der Waals surface area contributed by atoms with Crippen molar-refractivity contribution in [2.45, 2.75) is 13.3 Å². The van der Waals surface area contributed by atoms with E-state index in [9.17, 15) is 18.0 Å². The van der Waals surface area contributed by atoms with E-state index in [1.54, 1.807) is 0 Å². The van der Waals surface area contributed by atoms with Gasteiger partial charge in [-0.2, -0.15) is 0 Å². The van der Waals surface area contributed by atoms with E-state index in [0.29, 0.717) is 0 Å². The van der Waals surface area contributed by atoms with Crippen molar-refractivity contribution in [3.05, 3.63) is 17.3 Å². The van der Waals surface area contributed by atoms with Crippen LogP contribution in [0.25, 0.3) is 0 Å². The molecule has 0 N–H and O–H groups in total. The lowest BCUT2D eigenvalue weighted by Crippen LogP contribution is -2.19. The molecule has 0 radical (unpaired) electrons. The number of aromatic nitrogens is 1. The maximum atomic E-state index is 12.1. The zero-order valence-corrected chi connectivity index (χ0v) is 9.52. The molecule has 0 aromatic carbocycles. The van der Waals surface area contributed by atoms with Crippen molar-refractivity contribution in [1.82, 2.24) is 4.98 Å². The minimum absolute atomic E-state index is 0.278. The largest absolute Gasteiger partial charge is 0.573 e. The van der Waals surface area contributed by atoms with E-state index < -0.39 is 28.8 Å². The van der Waals surface area contributed by atoms with Gasteiger partial charge in [-0.3, -0.25) is 4.79 Å². The normalized spacial score (nSPS) is 11.2. The Morgan fingerprint density at radius 2 is 2.06 bits per heavy atom. The van der Waals surface area contributed by atoms with E-state index in [2.05, 4.69) is 14.5 Å². The summed E-state index contributed by atoms with van der Waals surface area (Å²) in [7, 11) is 1.10. The van der Waals surface area contributed by atoms with Crippen molar-refractivity contribution in [3.8, 4) is 11.6 Å². The van der Waals surface area contributed by atoms with Gasteiger partial charge in [-0.15, -0.1) is 13.2 Å². The molecular formula is C9H7ClF3NO3. The molecule has 0 bridgehead atoms. The van der Waals surface area contributed by atoms with Crippen LogP contribution in [0, 0.1) is 6.92 Å². The van der Waals surface area contributed by atoms with E-state index in [0.717, 1.165) is 13.2 Å². The third-order valence-electron chi connectivity index (χ3n) is 1.69. The summed E-state index contributed by atoms with van der Waals surface area (Å²) >= 11 is 5.17. The summed E-state index contributed by atoms with van der Waals surface area (Å²) in [6.45, 7) is 1.48. The first-order chi connectivity index (χ1) is 7.74. The van der Waals surface area contributed by atoms with Crippen molar-refractivity contribution in [2.24, 2.45) is 0 Å². The second-order valence-corrected chi connectivity index (χ2v) is 3.31. The summed E-state index contributed by atoms with van der Waals surface area (Å²) in [5.41, 5.74) is -0.172. The number of rotatable bonds is 3. The molecule has 0 aliphatic heterocycles. The Balaban J connectivity index is 3.37. The van der Waals surface area contributed by atoms with Gasteiger partial charge in [-0.1, -0.05) is 0 Å². The van der Waals surface area contributed by atoms with E-state index >= 15 is 0 Å². The van der Waals surface area contributed by atoms with Crippen LogP contribution in [0.15, 0.2) is 6.07 Å². The Morgan fingerprint density at radius 3 is 2.47 bits per heavy atom. The Hall–Kier alpha value is -1.50. The molecule has 0 unspecified atom stereocenters. The van der Waals surface area contributed by atoms with Crippen LogP contribution in [0.3, 0.4) is 0 Å². The lowest BCUT2D eigenvalue weighted by molar-refractivity contribution is -0.275. The molecule has 0 atom stereocenters. The molecule has 94 valence electrons. The molecule has 1 rings (SSSR count). The lowest BCUT2D eigenvalue weighted by Gasteiger charge is -2.14. The standard InChI is InChI=1S/C9H7ClF3NO3/c1-4-3-5(7(10)15)6(8(14-4)16-2)17-9(11,12)13/h3H,1-2H3. The fourth-order valence-corrected chi connectivity index (χ4v) is 1.27. The number of alkyl halides is 3. The van der Waals surface area contributed by atoms with Gasteiger partial charge in [-0.05, 0) is 24.6 Å². The number of nitrogens with zero attached hydrogens (tertiary/aromatic N) is 1. The van der Waals surface area contributed by atoms with Crippen molar-refractivity contribution in [3.63, 3.8) is 0 Å². The Bertz CT molecular complexity index is 448. The smallest absolute Gasteiger partial charge is 0.478 e. The molecule has 0 spiro atoms. The molecule has 8 heteroatoms. The number of carbonyl (C=O) groups is 1. The van der Waals surface area contributed by atoms with Crippen LogP contribution >= 0.6 is 11.6 Å². The summed E-state index contributed by atoms with van der Waals surface area (Å²) in [4.78, 5) is 14.7. The summed E-state index contributed by atoms with van der Waals surface area (Å²) in [5.74, 6) is -1.29. The number of aryl methyl sites for hydroxylation is 1. The molecule has 0 aliphatic carbocycles. The van der Waals surface area contributed by atoms with Crippen LogP contribution in [0.2, 0.25) is 0 Å². The van der Waals surface area contributed by atoms with Gasteiger partial charge in [0.05, 0.1) is 12.7 Å². The minimum atomic E-state index is -4.97. The Kier molecular flexibility index (Phi) is 3.82. The van der Waals surface area contributed by atoms with Crippen LogP contribution in [0.1, 0.15) is 16.1 Å². The maximum absolute atomic E-state index is 12.1.